The minimum Gasteiger partial charge on any atom is -0.361 e. The minimum atomic E-state index is 0.497. The fourth-order valence-electron chi connectivity index (χ4n) is 1.70. The fourth-order valence-corrected chi connectivity index (χ4v) is 1.70. The van der Waals surface area contributed by atoms with Crippen molar-refractivity contribution >= 4 is 22.9 Å². The first-order valence-corrected chi connectivity index (χ1v) is 5.95. The Labute approximate surface area is 108 Å². The van der Waals surface area contributed by atoms with Gasteiger partial charge in [-0.2, -0.15) is 9.97 Å². The van der Waals surface area contributed by atoms with Crippen molar-refractivity contribution in [3.8, 4) is 0 Å². The monoisotopic (exact) mass is 259 g/mol. The lowest BCUT2D eigenvalue weighted by atomic mass is 10.4. The van der Waals surface area contributed by atoms with Crippen molar-refractivity contribution in [1.82, 2.24) is 25.1 Å². The van der Waals surface area contributed by atoms with Crippen molar-refractivity contribution in [3.05, 3.63) is 24.4 Å². The van der Waals surface area contributed by atoms with E-state index in [2.05, 4.69) is 35.7 Å². The van der Waals surface area contributed by atoms with Crippen LogP contribution in [0.3, 0.4) is 0 Å². The number of imidazole rings is 1. The van der Waals surface area contributed by atoms with Crippen LogP contribution in [0.25, 0.3) is 11.2 Å². The van der Waals surface area contributed by atoms with E-state index in [9.17, 15) is 0 Å². The number of rotatable bonds is 5. The first kappa shape index (κ1) is 11.5. The van der Waals surface area contributed by atoms with E-state index < -0.39 is 0 Å². The van der Waals surface area contributed by atoms with E-state index >= 15 is 0 Å². The molecule has 0 saturated carbocycles. The van der Waals surface area contributed by atoms with Gasteiger partial charge in [0.25, 0.3) is 0 Å². The molecule has 3 heterocycles. The SMILES string of the molecule is CCNc1nc(NCc2ccno2)c2[nH]cnc2n1. The first-order valence-electron chi connectivity index (χ1n) is 5.95. The fraction of sp³-hybridized carbons (Fsp3) is 0.273. The van der Waals surface area contributed by atoms with E-state index in [0.29, 0.717) is 24.0 Å². The summed E-state index contributed by atoms with van der Waals surface area (Å²) in [4.78, 5) is 15.8. The topological polar surface area (TPSA) is 105 Å². The molecule has 0 bridgehead atoms. The van der Waals surface area contributed by atoms with Gasteiger partial charge in [0.15, 0.2) is 17.2 Å². The third kappa shape index (κ3) is 2.32. The maximum atomic E-state index is 5.03. The Hall–Kier alpha value is -2.64. The van der Waals surface area contributed by atoms with Gasteiger partial charge in [-0.1, -0.05) is 5.16 Å². The zero-order valence-corrected chi connectivity index (χ0v) is 10.3. The summed E-state index contributed by atoms with van der Waals surface area (Å²) < 4.78 is 5.03. The van der Waals surface area contributed by atoms with Crippen LogP contribution >= 0.6 is 0 Å². The second-order valence-corrected chi connectivity index (χ2v) is 3.86. The number of nitrogens with zero attached hydrogens (tertiary/aromatic N) is 4. The molecule has 98 valence electrons. The highest BCUT2D eigenvalue weighted by Gasteiger charge is 2.09. The Kier molecular flexibility index (Phi) is 2.97. The molecule has 0 atom stereocenters. The normalized spacial score (nSPS) is 10.8. The molecule has 3 aromatic heterocycles. The molecule has 0 aliphatic carbocycles. The number of aromatic nitrogens is 5. The molecule has 0 radical (unpaired) electrons. The van der Waals surface area contributed by atoms with E-state index in [-0.39, 0.29) is 0 Å². The average molecular weight is 259 g/mol. The number of fused-ring (bicyclic) bond motifs is 1. The summed E-state index contributed by atoms with van der Waals surface area (Å²) in [6, 6.07) is 1.80. The summed E-state index contributed by atoms with van der Waals surface area (Å²) in [6.45, 7) is 3.23. The van der Waals surface area contributed by atoms with Crippen molar-refractivity contribution in [3.63, 3.8) is 0 Å². The van der Waals surface area contributed by atoms with Crippen LogP contribution in [-0.2, 0) is 6.54 Å². The maximum Gasteiger partial charge on any atom is 0.226 e. The molecule has 3 N–H and O–H groups in total. The van der Waals surface area contributed by atoms with Gasteiger partial charge < -0.3 is 20.1 Å². The molecule has 0 fully saturated rings. The second-order valence-electron chi connectivity index (χ2n) is 3.86. The number of anilines is 2. The average Bonchev–Trinajstić information content (AvgIpc) is 3.07. The number of aromatic amines is 1. The summed E-state index contributed by atoms with van der Waals surface area (Å²) in [7, 11) is 0. The van der Waals surface area contributed by atoms with Crippen molar-refractivity contribution in [2.45, 2.75) is 13.5 Å². The molecule has 8 nitrogen and oxygen atoms in total. The highest BCUT2D eigenvalue weighted by Crippen LogP contribution is 2.19. The van der Waals surface area contributed by atoms with Crippen LogP contribution in [0.4, 0.5) is 11.8 Å². The van der Waals surface area contributed by atoms with Gasteiger partial charge in [-0.05, 0) is 6.92 Å². The molecule has 8 heteroatoms. The van der Waals surface area contributed by atoms with Gasteiger partial charge in [0.05, 0.1) is 19.1 Å². The van der Waals surface area contributed by atoms with Gasteiger partial charge in [0.2, 0.25) is 5.95 Å². The smallest absolute Gasteiger partial charge is 0.226 e. The lowest BCUT2D eigenvalue weighted by Crippen LogP contribution is -2.07. The summed E-state index contributed by atoms with van der Waals surface area (Å²) in [5.41, 5.74) is 1.38. The minimum absolute atomic E-state index is 0.497. The van der Waals surface area contributed by atoms with Crippen LogP contribution in [0.1, 0.15) is 12.7 Å². The molecule has 3 rings (SSSR count). The van der Waals surface area contributed by atoms with E-state index in [1.54, 1.807) is 18.6 Å². The third-order valence-corrected chi connectivity index (χ3v) is 2.54. The summed E-state index contributed by atoms with van der Waals surface area (Å²) in [5, 5.41) is 9.90. The molecule has 0 aromatic carbocycles. The van der Waals surface area contributed by atoms with Gasteiger partial charge >= 0.3 is 0 Å². The standard InChI is InChI=1S/C11H13N7O/c1-2-12-11-17-9(8-10(18-11)15-6-14-8)13-5-7-3-4-16-19-7/h3-4,6H,2,5H2,1H3,(H3,12,13,14,15,17,18). The van der Waals surface area contributed by atoms with Crippen LogP contribution in [-0.4, -0.2) is 31.6 Å². The molecule has 0 saturated heterocycles. The molecule has 0 unspecified atom stereocenters. The Morgan fingerprint density at radius 1 is 1.32 bits per heavy atom. The van der Waals surface area contributed by atoms with E-state index in [1.165, 1.54) is 0 Å². The summed E-state index contributed by atoms with van der Waals surface area (Å²) >= 11 is 0. The van der Waals surface area contributed by atoms with Crippen molar-refractivity contribution in [1.29, 1.82) is 0 Å². The van der Waals surface area contributed by atoms with Gasteiger partial charge in [0, 0.05) is 12.6 Å². The summed E-state index contributed by atoms with van der Waals surface area (Å²) in [6.07, 6.45) is 3.20. The van der Waals surface area contributed by atoms with Crippen LogP contribution in [0.15, 0.2) is 23.1 Å². The largest absolute Gasteiger partial charge is 0.361 e. The van der Waals surface area contributed by atoms with Crippen molar-refractivity contribution in [2.24, 2.45) is 0 Å². The van der Waals surface area contributed by atoms with Gasteiger partial charge in [-0.3, -0.25) is 0 Å². The molecular formula is C11H13N7O. The zero-order valence-electron chi connectivity index (χ0n) is 10.3. The summed E-state index contributed by atoms with van der Waals surface area (Å²) in [5.74, 6) is 1.95. The predicted octanol–water partition coefficient (Wildman–Crippen LogP) is 1.38. The Balaban J connectivity index is 1.89. The predicted molar refractivity (Wildman–Crippen MR) is 69.7 cm³/mol. The van der Waals surface area contributed by atoms with Crippen LogP contribution in [0, 0.1) is 0 Å². The number of H-pyrrole nitrogens is 1. The van der Waals surface area contributed by atoms with Crippen LogP contribution in [0.5, 0.6) is 0 Å². The molecule has 0 spiro atoms. The Morgan fingerprint density at radius 3 is 3.05 bits per heavy atom. The second kappa shape index (κ2) is 4.92. The molecular weight excluding hydrogens is 246 g/mol. The molecule has 0 aliphatic rings. The first-order chi connectivity index (χ1) is 9.36. The number of nitrogens with one attached hydrogen (secondary N) is 3. The van der Waals surface area contributed by atoms with Gasteiger partial charge in [0.1, 0.15) is 5.52 Å². The lowest BCUT2D eigenvalue weighted by Gasteiger charge is -2.07. The highest BCUT2D eigenvalue weighted by atomic mass is 16.5. The molecule has 19 heavy (non-hydrogen) atoms. The zero-order chi connectivity index (χ0) is 13.1. The third-order valence-electron chi connectivity index (χ3n) is 2.54. The Morgan fingerprint density at radius 2 is 2.26 bits per heavy atom. The lowest BCUT2D eigenvalue weighted by molar-refractivity contribution is 0.388. The van der Waals surface area contributed by atoms with Crippen molar-refractivity contribution < 1.29 is 4.52 Å². The van der Waals surface area contributed by atoms with E-state index in [0.717, 1.165) is 17.8 Å². The van der Waals surface area contributed by atoms with Crippen LogP contribution in [0.2, 0.25) is 0 Å². The molecule has 3 aromatic rings. The van der Waals surface area contributed by atoms with E-state index in [1.807, 2.05) is 6.92 Å². The maximum absolute atomic E-state index is 5.03. The van der Waals surface area contributed by atoms with Crippen LogP contribution < -0.4 is 10.6 Å². The number of hydrogen-bond acceptors (Lipinski definition) is 7. The highest BCUT2D eigenvalue weighted by molar-refractivity contribution is 5.83. The molecule has 0 aliphatic heterocycles. The Bertz CT molecular complexity index is 661. The van der Waals surface area contributed by atoms with E-state index in [4.69, 9.17) is 4.52 Å². The molecule has 0 amide bonds. The van der Waals surface area contributed by atoms with Crippen molar-refractivity contribution in [2.75, 3.05) is 17.2 Å². The number of hydrogen-bond donors (Lipinski definition) is 3. The quantitative estimate of drug-likeness (QED) is 0.635. The van der Waals surface area contributed by atoms with Gasteiger partial charge in [-0.15, -0.1) is 0 Å². The van der Waals surface area contributed by atoms with Gasteiger partial charge in [-0.25, -0.2) is 4.98 Å².